The molecule has 380 valence electrons. The normalized spacial score (nSPS) is 20.0. The van der Waals surface area contributed by atoms with Crippen molar-refractivity contribution in [1.82, 2.24) is 0 Å². The van der Waals surface area contributed by atoms with E-state index in [0.717, 1.165) is 83.5 Å². The van der Waals surface area contributed by atoms with Crippen LogP contribution in [0.2, 0.25) is 0 Å². The summed E-state index contributed by atoms with van der Waals surface area (Å²) in [7, 11) is -5.07. The van der Waals surface area contributed by atoms with Crippen LogP contribution in [-0.4, -0.2) is 97.5 Å². The second-order valence-corrected chi connectivity index (χ2v) is 18.8. The number of carbonyl (C=O) groups is 1. The van der Waals surface area contributed by atoms with Gasteiger partial charge in [-0.3, -0.25) is 9.35 Å². The maximum atomic E-state index is 12.9. The molecule has 1 fully saturated rings. The number of rotatable bonds is 45. The fraction of sp³-hybridized carbons (Fsp3) is 0.827. The van der Waals surface area contributed by atoms with Gasteiger partial charge in [-0.15, -0.1) is 0 Å². The van der Waals surface area contributed by atoms with Gasteiger partial charge < -0.3 is 34.3 Å². The third-order valence-electron chi connectivity index (χ3n) is 11.7. The van der Waals surface area contributed by atoms with Crippen LogP contribution >= 0.6 is 0 Å². The van der Waals surface area contributed by atoms with E-state index in [2.05, 4.69) is 66.6 Å². The lowest BCUT2D eigenvalue weighted by Gasteiger charge is -2.41. The first kappa shape index (κ1) is 61.1. The van der Waals surface area contributed by atoms with E-state index in [1.807, 2.05) is 0 Å². The average Bonchev–Trinajstić information content (AvgIpc) is 3.28. The third kappa shape index (κ3) is 36.7. The Morgan fingerprint density at radius 2 is 1.06 bits per heavy atom. The average molecular weight is 943 g/mol. The Kier molecular flexibility index (Phi) is 40.7. The molecular formula is C52H94O12S. The van der Waals surface area contributed by atoms with Crippen LogP contribution < -0.4 is 0 Å². The van der Waals surface area contributed by atoms with Gasteiger partial charge in [-0.1, -0.05) is 204 Å². The van der Waals surface area contributed by atoms with E-state index in [0.29, 0.717) is 13.0 Å². The van der Waals surface area contributed by atoms with Crippen molar-refractivity contribution in [3.8, 4) is 0 Å². The topological polar surface area (TPSA) is 178 Å². The predicted molar refractivity (Wildman–Crippen MR) is 262 cm³/mol. The quantitative estimate of drug-likeness (QED) is 0.0197. The fourth-order valence-electron chi connectivity index (χ4n) is 7.84. The summed E-state index contributed by atoms with van der Waals surface area (Å²) in [6.07, 6.45) is 44.3. The van der Waals surface area contributed by atoms with E-state index >= 15 is 0 Å². The molecule has 4 N–H and O–H groups in total. The molecule has 13 heteroatoms. The van der Waals surface area contributed by atoms with E-state index in [1.54, 1.807) is 0 Å². The molecule has 0 aromatic heterocycles. The number of allylic oxidation sites excluding steroid dienone is 8. The summed E-state index contributed by atoms with van der Waals surface area (Å²) in [5.41, 5.74) is 0. The van der Waals surface area contributed by atoms with Crippen LogP contribution in [0.5, 0.6) is 0 Å². The maximum absolute atomic E-state index is 12.9. The van der Waals surface area contributed by atoms with Crippen LogP contribution in [0.25, 0.3) is 0 Å². The fourth-order valence-corrected chi connectivity index (χ4v) is 8.35. The lowest BCUT2D eigenvalue weighted by Crippen LogP contribution is -2.60. The molecule has 0 bridgehead atoms. The number of hydrogen-bond donors (Lipinski definition) is 4. The minimum absolute atomic E-state index is 0.0244. The molecule has 6 atom stereocenters. The molecule has 1 aliphatic rings. The number of hydrogen-bond acceptors (Lipinski definition) is 11. The van der Waals surface area contributed by atoms with Gasteiger partial charge in [0.25, 0.3) is 0 Å². The molecule has 0 radical (unpaired) electrons. The highest BCUT2D eigenvalue weighted by molar-refractivity contribution is 7.80. The van der Waals surface area contributed by atoms with Crippen LogP contribution in [-0.2, 0) is 38.3 Å². The van der Waals surface area contributed by atoms with Crippen molar-refractivity contribution in [2.45, 2.75) is 250 Å². The predicted octanol–water partition coefficient (Wildman–Crippen LogP) is 11.9. The molecular weight excluding hydrogens is 849 g/mol. The molecule has 12 nitrogen and oxygen atoms in total. The minimum atomic E-state index is -5.07. The summed E-state index contributed by atoms with van der Waals surface area (Å²) in [5, 5.41) is 30.8. The number of aliphatic hydroxyl groups is 3. The smallest absolute Gasteiger partial charge is 0.397 e. The highest BCUT2D eigenvalue weighted by Gasteiger charge is 2.48. The van der Waals surface area contributed by atoms with Crippen molar-refractivity contribution in [2.75, 3.05) is 26.4 Å². The monoisotopic (exact) mass is 943 g/mol. The summed E-state index contributed by atoms with van der Waals surface area (Å²) < 4.78 is 59.2. The Bertz CT molecular complexity index is 1320. The van der Waals surface area contributed by atoms with Gasteiger partial charge in [0, 0.05) is 13.0 Å². The maximum Gasteiger partial charge on any atom is 0.397 e. The minimum Gasteiger partial charge on any atom is -0.457 e. The van der Waals surface area contributed by atoms with Crippen LogP contribution in [0.3, 0.4) is 0 Å². The van der Waals surface area contributed by atoms with Crippen molar-refractivity contribution in [1.29, 1.82) is 0 Å². The van der Waals surface area contributed by atoms with E-state index in [1.165, 1.54) is 103 Å². The van der Waals surface area contributed by atoms with Crippen molar-refractivity contribution < 1.29 is 56.2 Å². The van der Waals surface area contributed by atoms with Crippen molar-refractivity contribution in [3.63, 3.8) is 0 Å². The SMILES string of the molecule is CC/C=C\C/C=C\C/C=C\C/C=C\CCCCCCCOCC(COC1OC(CO)C(O)C(OS(=O)(=O)O)C1O)OC(=O)CCCCCCCCCCCCCCCCCCCCCC. The number of carbonyl (C=O) groups excluding carboxylic acids is 1. The third-order valence-corrected chi connectivity index (χ3v) is 12.2. The summed E-state index contributed by atoms with van der Waals surface area (Å²) >= 11 is 0. The van der Waals surface area contributed by atoms with Gasteiger partial charge in [-0.25, -0.2) is 4.18 Å². The lowest BCUT2D eigenvalue weighted by atomic mass is 9.99. The molecule has 6 unspecified atom stereocenters. The molecule has 0 saturated carbocycles. The molecule has 65 heavy (non-hydrogen) atoms. The molecule has 0 spiro atoms. The van der Waals surface area contributed by atoms with Crippen LogP contribution in [0.15, 0.2) is 48.6 Å². The molecule has 1 aliphatic heterocycles. The van der Waals surface area contributed by atoms with E-state index in [-0.39, 0.29) is 19.6 Å². The largest absolute Gasteiger partial charge is 0.457 e. The number of ether oxygens (including phenoxy) is 4. The van der Waals surface area contributed by atoms with Crippen LogP contribution in [0, 0.1) is 0 Å². The van der Waals surface area contributed by atoms with E-state index < -0.39 is 59.8 Å². The zero-order valence-corrected chi connectivity index (χ0v) is 41.6. The van der Waals surface area contributed by atoms with Gasteiger partial charge in [-0.2, -0.15) is 8.42 Å². The molecule has 0 aliphatic carbocycles. The van der Waals surface area contributed by atoms with Crippen LogP contribution in [0.4, 0.5) is 0 Å². The van der Waals surface area contributed by atoms with Gasteiger partial charge >= 0.3 is 16.4 Å². The van der Waals surface area contributed by atoms with Gasteiger partial charge in [0.15, 0.2) is 6.29 Å². The number of aliphatic hydroxyl groups excluding tert-OH is 3. The molecule has 0 amide bonds. The molecule has 0 aromatic carbocycles. The highest BCUT2D eigenvalue weighted by atomic mass is 32.3. The zero-order valence-electron chi connectivity index (χ0n) is 40.8. The second kappa shape index (κ2) is 43.3. The van der Waals surface area contributed by atoms with Gasteiger partial charge in [0.1, 0.15) is 30.5 Å². The Morgan fingerprint density at radius 1 is 0.600 bits per heavy atom. The standard InChI is InChI=1S/C52H94O12S/c1-3-5-7-9-11-13-15-17-19-21-23-24-25-27-29-31-33-35-37-39-41-48(54)62-46(45-61-52-50(56)51(64-65(57,58)59)49(55)47(43-53)63-52)44-60-42-40-38-36-34-32-30-28-26-22-20-18-16-14-12-10-8-6-4-2/h6,8,12,14,18,20,26,28,46-47,49-53,55-56H,3-5,7,9-11,13,15-17,19,21-25,27,29-45H2,1-2H3,(H,57,58,59)/b8-6-,14-12-,20-18-,28-26-. The van der Waals surface area contributed by atoms with Crippen LogP contribution in [0.1, 0.15) is 213 Å². The highest BCUT2D eigenvalue weighted by Crippen LogP contribution is 2.26. The Labute approximate surface area is 396 Å². The summed E-state index contributed by atoms with van der Waals surface area (Å²) in [6.45, 7) is 3.86. The molecule has 1 saturated heterocycles. The number of esters is 1. The summed E-state index contributed by atoms with van der Waals surface area (Å²) in [6, 6.07) is 0. The van der Waals surface area contributed by atoms with Gasteiger partial charge in [0.05, 0.1) is 19.8 Å². The summed E-state index contributed by atoms with van der Waals surface area (Å²) in [4.78, 5) is 12.9. The van der Waals surface area contributed by atoms with Gasteiger partial charge in [0.2, 0.25) is 0 Å². The second-order valence-electron chi connectivity index (χ2n) is 17.7. The Balaban J connectivity index is 2.36. The van der Waals surface area contributed by atoms with Gasteiger partial charge in [-0.05, 0) is 51.4 Å². The molecule has 0 aromatic rings. The first-order valence-corrected chi connectivity index (χ1v) is 27.3. The zero-order chi connectivity index (χ0) is 47.5. The van der Waals surface area contributed by atoms with Crippen molar-refractivity contribution >= 4 is 16.4 Å². The summed E-state index contributed by atoms with van der Waals surface area (Å²) in [5.74, 6) is -0.404. The first-order chi connectivity index (χ1) is 31.6. The van der Waals surface area contributed by atoms with E-state index in [9.17, 15) is 33.1 Å². The number of unbranched alkanes of at least 4 members (excludes halogenated alkanes) is 24. The van der Waals surface area contributed by atoms with E-state index in [4.69, 9.17) is 18.9 Å². The molecule has 1 heterocycles. The van der Waals surface area contributed by atoms with Crippen molar-refractivity contribution in [2.24, 2.45) is 0 Å². The Morgan fingerprint density at radius 3 is 1.55 bits per heavy atom. The Hall–Kier alpha value is -1.94. The first-order valence-electron chi connectivity index (χ1n) is 25.9. The molecule has 1 rings (SSSR count). The van der Waals surface area contributed by atoms with Crippen molar-refractivity contribution in [3.05, 3.63) is 48.6 Å². The lowest BCUT2D eigenvalue weighted by molar-refractivity contribution is -0.301.